The van der Waals surface area contributed by atoms with E-state index in [1.54, 1.807) is 24.3 Å². The van der Waals surface area contributed by atoms with Gasteiger partial charge in [0.25, 0.3) is 5.91 Å². The number of carbonyl (C=O) groups excluding carboxylic acids is 1. The van der Waals surface area contributed by atoms with E-state index in [1.165, 1.54) is 6.33 Å². The molecule has 2 aromatic carbocycles. The number of hydrazine groups is 1. The minimum Gasteiger partial charge on any atom is -0.484 e. The fraction of sp³-hybridized carbons (Fsp3) is 0.0556. The Bertz CT molecular complexity index is 923. The summed E-state index contributed by atoms with van der Waals surface area (Å²) < 4.78 is 5.36. The molecule has 0 spiro atoms. The fourth-order valence-corrected chi connectivity index (χ4v) is 2.30. The molecule has 5 N–H and O–H groups in total. The molecule has 3 rings (SSSR count). The largest absolute Gasteiger partial charge is 0.484 e. The van der Waals surface area contributed by atoms with Crippen molar-refractivity contribution in [1.82, 2.24) is 15.4 Å². The molecule has 1 amide bonds. The van der Waals surface area contributed by atoms with Crippen LogP contribution in [0, 0.1) is 0 Å². The Morgan fingerprint density at radius 2 is 1.74 bits per heavy atom. The summed E-state index contributed by atoms with van der Waals surface area (Å²) in [7, 11) is 0. The third-order valence-electron chi connectivity index (χ3n) is 3.44. The predicted octanol–water partition coefficient (Wildman–Crippen LogP) is 2.98. The highest BCUT2D eigenvalue weighted by Crippen LogP contribution is 2.29. The van der Waals surface area contributed by atoms with Crippen LogP contribution in [0.4, 0.5) is 23.0 Å². The van der Waals surface area contributed by atoms with Crippen LogP contribution >= 0.6 is 11.6 Å². The second-order valence-corrected chi connectivity index (χ2v) is 5.77. The Morgan fingerprint density at radius 3 is 2.52 bits per heavy atom. The lowest BCUT2D eigenvalue weighted by atomic mass is 10.3. The maximum absolute atomic E-state index is 11.9. The van der Waals surface area contributed by atoms with Crippen LogP contribution in [0.2, 0.25) is 5.02 Å². The van der Waals surface area contributed by atoms with Crippen LogP contribution in [-0.2, 0) is 4.79 Å². The molecule has 0 aliphatic rings. The number of hydrogen-bond acceptors (Lipinski definition) is 7. The quantitative estimate of drug-likeness (QED) is 0.463. The lowest BCUT2D eigenvalue weighted by molar-refractivity contribution is -0.122. The first-order valence-corrected chi connectivity index (χ1v) is 8.36. The van der Waals surface area contributed by atoms with E-state index in [-0.39, 0.29) is 18.1 Å². The minimum absolute atomic E-state index is 0.160. The van der Waals surface area contributed by atoms with Gasteiger partial charge in [-0.15, -0.1) is 0 Å². The first-order chi connectivity index (χ1) is 13.1. The van der Waals surface area contributed by atoms with E-state index < -0.39 is 5.91 Å². The molecule has 0 aliphatic heterocycles. The molecule has 27 heavy (non-hydrogen) atoms. The van der Waals surface area contributed by atoms with E-state index in [0.717, 1.165) is 0 Å². The van der Waals surface area contributed by atoms with Gasteiger partial charge in [-0.1, -0.05) is 41.9 Å². The van der Waals surface area contributed by atoms with Crippen molar-refractivity contribution in [3.63, 3.8) is 0 Å². The molecular weight excluding hydrogens is 368 g/mol. The third-order valence-corrected chi connectivity index (χ3v) is 3.77. The highest BCUT2D eigenvalue weighted by Gasteiger charge is 2.11. The van der Waals surface area contributed by atoms with Crippen molar-refractivity contribution in [3.05, 3.63) is 65.9 Å². The molecule has 0 radical (unpaired) electrons. The number of benzene rings is 2. The fourth-order valence-electron chi connectivity index (χ4n) is 2.12. The normalized spacial score (nSPS) is 10.1. The maximum Gasteiger partial charge on any atom is 0.276 e. The van der Waals surface area contributed by atoms with Crippen molar-refractivity contribution in [2.45, 2.75) is 0 Å². The number of halogens is 1. The third kappa shape index (κ3) is 4.99. The molecular formula is C18H17ClN6O2. The number of para-hydroxylation sites is 2. The maximum atomic E-state index is 11.9. The number of amides is 1. The first kappa shape index (κ1) is 18.3. The second kappa shape index (κ2) is 8.72. The summed E-state index contributed by atoms with van der Waals surface area (Å²) >= 11 is 6.12. The Balaban J connectivity index is 1.59. The van der Waals surface area contributed by atoms with Gasteiger partial charge in [-0.25, -0.2) is 9.97 Å². The Labute approximate surface area is 160 Å². The molecule has 0 saturated heterocycles. The van der Waals surface area contributed by atoms with Crippen molar-refractivity contribution in [1.29, 1.82) is 0 Å². The van der Waals surface area contributed by atoms with Crippen molar-refractivity contribution in [2.75, 3.05) is 23.1 Å². The smallest absolute Gasteiger partial charge is 0.276 e. The van der Waals surface area contributed by atoms with Crippen LogP contribution < -0.4 is 26.6 Å². The summed E-state index contributed by atoms with van der Waals surface area (Å²) in [4.78, 5) is 20.0. The van der Waals surface area contributed by atoms with Gasteiger partial charge in [0.2, 0.25) is 0 Å². The number of anilines is 4. The summed E-state index contributed by atoms with van der Waals surface area (Å²) in [5, 5.41) is 3.55. The molecule has 3 aromatic rings. The van der Waals surface area contributed by atoms with Crippen molar-refractivity contribution in [3.8, 4) is 5.75 Å². The highest BCUT2D eigenvalue weighted by molar-refractivity contribution is 6.33. The number of ether oxygens (including phenoxy) is 1. The zero-order valence-corrected chi connectivity index (χ0v) is 14.9. The van der Waals surface area contributed by atoms with E-state index >= 15 is 0 Å². The van der Waals surface area contributed by atoms with Gasteiger partial charge in [0, 0.05) is 0 Å². The zero-order valence-electron chi connectivity index (χ0n) is 14.1. The van der Waals surface area contributed by atoms with Gasteiger partial charge in [0.05, 0.1) is 10.7 Å². The SMILES string of the molecule is Nc1c(NNC(=O)COc2ccccc2)ncnc1Nc1ccccc1Cl. The van der Waals surface area contributed by atoms with Crippen LogP contribution in [0.15, 0.2) is 60.9 Å². The second-order valence-electron chi connectivity index (χ2n) is 5.36. The van der Waals surface area contributed by atoms with Crippen LogP contribution in [0.1, 0.15) is 0 Å². The van der Waals surface area contributed by atoms with Crippen LogP contribution in [0.3, 0.4) is 0 Å². The summed E-state index contributed by atoms with van der Waals surface area (Å²) in [6.07, 6.45) is 1.31. The number of aromatic nitrogens is 2. The van der Waals surface area contributed by atoms with E-state index in [1.807, 2.05) is 30.3 Å². The van der Waals surface area contributed by atoms with Gasteiger partial charge in [0.15, 0.2) is 18.2 Å². The molecule has 8 nitrogen and oxygen atoms in total. The molecule has 0 fully saturated rings. The summed E-state index contributed by atoms with van der Waals surface area (Å²) in [6.45, 7) is -0.160. The average molecular weight is 385 g/mol. The predicted molar refractivity (Wildman–Crippen MR) is 105 cm³/mol. The Morgan fingerprint density at radius 1 is 1.04 bits per heavy atom. The summed E-state index contributed by atoms with van der Waals surface area (Å²) in [5.74, 6) is 0.806. The summed E-state index contributed by atoms with van der Waals surface area (Å²) in [5.41, 5.74) is 12.1. The van der Waals surface area contributed by atoms with Crippen molar-refractivity contribution >= 4 is 40.5 Å². The Hall–Kier alpha value is -3.52. The van der Waals surface area contributed by atoms with Crippen molar-refractivity contribution in [2.24, 2.45) is 0 Å². The molecule has 0 unspecified atom stereocenters. The molecule has 1 aromatic heterocycles. The molecule has 9 heteroatoms. The van der Waals surface area contributed by atoms with Gasteiger partial charge < -0.3 is 15.8 Å². The number of hydrogen-bond donors (Lipinski definition) is 4. The number of nitrogen functional groups attached to an aromatic ring is 1. The number of carbonyl (C=O) groups is 1. The number of nitrogens with two attached hydrogens (primary N) is 1. The monoisotopic (exact) mass is 384 g/mol. The number of rotatable bonds is 7. The van der Waals surface area contributed by atoms with Crippen LogP contribution in [0.5, 0.6) is 5.75 Å². The molecule has 0 saturated carbocycles. The first-order valence-electron chi connectivity index (χ1n) is 7.98. The lowest BCUT2D eigenvalue weighted by Gasteiger charge is -2.14. The van der Waals surface area contributed by atoms with Crippen LogP contribution in [0.25, 0.3) is 0 Å². The standard InChI is InChI=1S/C18H17ClN6O2/c19-13-8-4-5-9-14(13)23-17-16(20)18(22-11-21-17)25-24-15(26)10-27-12-6-2-1-3-7-12/h1-9,11H,10,20H2,(H,24,26)(H2,21,22,23,25). The molecule has 1 heterocycles. The average Bonchev–Trinajstić information content (AvgIpc) is 2.69. The summed E-state index contributed by atoms with van der Waals surface area (Å²) in [6, 6.07) is 16.2. The van der Waals surface area contributed by atoms with Crippen molar-refractivity contribution < 1.29 is 9.53 Å². The van der Waals surface area contributed by atoms with E-state index in [4.69, 9.17) is 22.1 Å². The topological polar surface area (TPSA) is 114 Å². The molecule has 0 aliphatic carbocycles. The lowest BCUT2D eigenvalue weighted by Crippen LogP contribution is -2.34. The van der Waals surface area contributed by atoms with E-state index in [2.05, 4.69) is 26.1 Å². The van der Waals surface area contributed by atoms with Crippen LogP contribution in [-0.4, -0.2) is 22.5 Å². The number of nitrogens with one attached hydrogen (secondary N) is 3. The molecule has 0 bridgehead atoms. The molecule has 0 atom stereocenters. The van der Waals surface area contributed by atoms with Gasteiger partial charge >= 0.3 is 0 Å². The molecule has 138 valence electrons. The highest BCUT2D eigenvalue weighted by atomic mass is 35.5. The van der Waals surface area contributed by atoms with E-state index in [9.17, 15) is 4.79 Å². The van der Waals surface area contributed by atoms with Gasteiger partial charge in [0.1, 0.15) is 17.8 Å². The van der Waals surface area contributed by atoms with Gasteiger partial charge in [-0.3, -0.25) is 15.6 Å². The number of nitrogens with zero attached hydrogens (tertiary/aromatic N) is 2. The van der Waals surface area contributed by atoms with Gasteiger partial charge in [-0.2, -0.15) is 0 Å². The Kier molecular flexibility index (Phi) is 5.91. The zero-order chi connectivity index (χ0) is 19.1. The van der Waals surface area contributed by atoms with Gasteiger partial charge in [-0.05, 0) is 24.3 Å². The minimum atomic E-state index is -0.391. The van der Waals surface area contributed by atoms with E-state index in [0.29, 0.717) is 22.3 Å².